The van der Waals surface area contributed by atoms with Crippen LogP contribution in [0.5, 0.6) is 0 Å². The van der Waals surface area contributed by atoms with Crippen LogP contribution in [0.25, 0.3) is 0 Å². The predicted octanol–water partition coefficient (Wildman–Crippen LogP) is 1.11. The van der Waals surface area contributed by atoms with Crippen LogP contribution in [0, 0.1) is 0 Å². The Morgan fingerprint density at radius 3 is 2.62 bits per heavy atom. The molecule has 0 spiro atoms. The molecule has 2 N–H and O–H groups in total. The van der Waals surface area contributed by atoms with Gasteiger partial charge in [-0.15, -0.1) is 5.10 Å². The van der Waals surface area contributed by atoms with Gasteiger partial charge in [0.15, 0.2) is 11.5 Å². The highest BCUT2D eigenvalue weighted by molar-refractivity contribution is 6.10. The standard InChI is InChI=1S/C11H12N4O/c1-2-15-11(12)9(13-14-15)10(16)8-6-4-3-5-7-8/h3-7H,2,12H2,1H3. The minimum Gasteiger partial charge on any atom is -0.382 e. The fourth-order valence-electron chi connectivity index (χ4n) is 1.44. The minimum atomic E-state index is -0.196. The molecule has 1 aromatic heterocycles. The zero-order valence-electron chi connectivity index (χ0n) is 8.92. The van der Waals surface area contributed by atoms with Gasteiger partial charge in [0.05, 0.1) is 0 Å². The average Bonchev–Trinajstić information content (AvgIpc) is 2.70. The van der Waals surface area contributed by atoms with Crippen molar-refractivity contribution in [2.75, 3.05) is 5.73 Å². The van der Waals surface area contributed by atoms with E-state index in [4.69, 9.17) is 5.73 Å². The summed E-state index contributed by atoms with van der Waals surface area (Å²) < 4.78 is 1.50. The summed E-state index contributed by atoms with van der Waals surface area (Å²) in [6.07, 6.45) is 0. The molecule has 5 nitrogen and oxygen atoms in total. The van der Waals surface area contributed by atoms with E-state index in [0.29, 0.717) is 17.9 Å². The average molecular weight is 216 g/mol. The summed E-state index contributed by atoms with van der Waals surface area (Å²) >= 11 is 0. The van der Waals surface area contributed by atoms with E-state index in [1.54, 1.807) is 24.3 Å². The highest BCUT2D eigenvalue weighted by Gasteiger charge is 2.17. The first kappa shape index (κ1) is 10.4. The Morgan fingerprint density at radius 2 is 2.06 bits per heavy atom. The lowest BCUT2D eigenvalue weighted by Crippen LogP contribution is -2.07. The monoisotopic (exact) mass is 216 g/mol. The van der Waals surface area contributed by atoms with E-state index in [-0.39, 0.29) is 11.5 Å². The lowest BCUT2D eigenvalue weighted by atomic mass is 10.1. The Hall–Kier alpha value is -2.17. The third-order valence-corrected chi connectivity index (χ3v) is 2.32. The summed E-state index contributed by atoms with van der Waals surface area (Å²) in [5, 5.41) is 7.60. The normalized spacial score (nSPS) is 10.3. The zero-order valence-corrected chi connectivity index (χ0v) is 8.92. The van der Waals surface area contributed by atoms with E-state index in [1.807, 2.05) is 13.0 Å². The maximum atomic E-state index is 12.0. The zero-order chi connectivity index (χ0) is 11.5. The van der Waals surface area contributed by atoms with E-state index < -0.39 is 0 Å². The van der Waals surface area contributed by atoms with Gasteiger partial charge in [-0.25, -0.2) is 4.68 Å². The van der Waals surface area contributed by atoms with E-state index in [2.05, 4.69) is 10.3 Å². The molecule has 1 aromatic carbocycles. The molecule has 0 aliphatic heterocycles. The largest absolute Gasteiger partial charge is 0.382 e. The Bertz CT molecular complexity index is 504. The van der Waals surface area contributed by atoms with Gasteiger partial charge in [-0.05, 0) is 6.92 Å². The van der Waals surface area contributed by atoms with Crippen molar-refractivity contribution in [2.45, 2.75) is 13.5 Å². The van der Waals surface area contributed by atoms with Gasteiger partial charge in [-0.1, -0.05) is 35.5 Å². The van der Waals surface area contributed by atoms with E-state index in [9.17, 15) is 4.79 Å². The van der Waals surface area contributed by atoms with Crippen LogP contribution in [-0.4, -0.2) is 20.8 Å². The molecule has 0 saturated heterocycles. The molecule has 0 aliphatic carbocycles. The summed E-state index contributed by atoms with van der Waals surface area (Å²) in [6, 6.07) is 8.91. The first-order chi connectivity index (χ1) is 7.74. The smallest absolute Gasteiger partial charge is 0.217 e. The predicted molar refractivity (Wildman–Crippen MR) is 60.0 cm³/mol. The number of aromatic nitrogens is 3. The molecule has 0 bridgehead atoms. The number of ketones is 1. The summed E-state index contributed by atoms with van der Waals surface area (Å²) in [5.74, 6) is 0.120. The third-order valence-electron chi connectivity index (χ3n) is 2.32. The van der Waals surface area contributed by atoms with Crippen molar-refractivity contribution < 1.29 is 4.79 Å². The summed E-state index contributed by atoms with van der Waals surface area (Å²) in [5.41, 5.74) is 6.55. The highest BCUT2D eigenvalue weighted by atomic mass is 16.1. The SMILES string of the molecule is CCn1nnc(C(=O)c2ccccc2)c1N. The molecule has 0 saturated carbocycles. The second-order valence-electron chi connectivity index (χ2n) is 3.33. The van der Waals surface area contributed by atoms with Crippen molar-refractivity contribution in [3.63, 3.8) is 0 Å². The summed E-state index contributed by atoms with van der Waals surface area (Å²) in [7, 11) is 0. The van der Waals surface area contributed by atoms with Crippen LogP contribution in [0.15, 0.2) is 30.3 Å². The minimum absolute atomic E-state index is 0.196. The van der Waals surface area contributed by atoms with Gasteiger partial charge in [0.2, 0.25) is 5.78 Å². The third kappa shape index (κ3) is 1.67. The van der Waals surface area contributed by atoms with Gasteiger partial charge in [0.25, 0.3) is 0 Å². The molecule has 2 rings (SSSR count). The lowest BCUT2D eigenvalue weighted by molar-refractivity contribution is 0.103. The highest BCUT2D eigenvalue weighted by Crippen LogP contribution is 2.13. The van der Waals surface area contributed by atoms with Gasteiger partial charge in [0.1, 0.15) is 0 Å². The molecule has 0 radical (unpaired) electrons. The molecule has 0 aliphatic rings. The molecule has 0 unspecified atom stereocenters. The van der Waals surface area contributed by atoms with Crippen LogP contribution in [0.4, 0.5) is 5.82 Å². The molecule has 82 valence electrons. The second-order valence-corrected chi connectivity index (χ2v) is 3.33. The number of rotatable bonds is 3. The van der Waals surface area contributed by atoms with E-state index >= 15 is 0 Å². The molecular weight excluding hydrogens is 204 g/mol. The summed E-state index contributed by atoms with van der Waals surface area (Å²) in [4.78, 5) is 12.0. The quantitative estimate of drug-likeness (QED) is 0.780. The maximum Gasteiger partial charge on any atom is 0.217 e. The molecule has 1 heterocycles. The summed E-state index contributed by atoms with van der Waals surface area (Å²) in [6.45, 7) is 2.49. The number of carbonyl (C=O) groups excluding carboxylic acids is 1. The van der Waals surface area contributed by atoms with Crippen molar-refractivity contribution in [3.05, 3.63) is 41.6 Å². The molecule has 5 heteroatoms. The number of aryl methyl sites for hydroxylation is 1. The number of benzene rings is 1. The lowest BCUT2D eigenvalue weighted by Gasteiger charge is -1.99. The van der Waals surface area contributed by atoms with Crippen LogP contribution < -0.4 is 5.73 Å². The van der Waals surface area contributed by atoms with Crippen LogP contribution in [0.1, 0.15) is 23.0 Å². The Morgan fingerprint density at radius 1 is 1.38 bits per heavy atom. The Kier molecular flexibility index (Phi) is 2.68. The first-order valence-electron chi connectivity index (χ1n) is 5.02. The maximum absolute atomic E-state index is 12.0. The number of carbonyl (C=O) groups is 1. The van der Waals surface area contributed by atoms with Gasteiger partial charge in [-0.3, -0.25) is 4.79 Å². The molecule has 0 fully saturated rings. The molecule has 0 amide bonds. The van der Waals surface area contributed by atoms with Gasteiger partial charge < -0.3 is 5.73 Å². The fourth-order valence-corrected chi connectivity index (χ4v) is 1.44. The van der Waals surface area contributed by atoms with Crippen molar-refractivity contribution in [1.29, 1.82) is 0 Å². The Labute approximate surface area is 92.9 Å². The molecular formula is C11H12N4O. The Balaban J connectivity index is 2.38. The molecule has 0 atom stereocenters. The number of hydrogen-bond acceptors (Lipinski definition) is 4. The van der Waals surface area contributed by atoms with Gasteiger partial charge >= 0.3 is 0 Å². The molecule has 16 heavy (non-hydrogen) atoms. The fraction of sp³-hybridized carbons (Fsp3) is 0.182. The van der Waals surface area contributed by atoms with E-state index in [1.165, 1.54) is 4.68 Å². The van der Waals surface area contributed by atoms with Crippen molar-refractivity contribution in [3.8, 4) is 0 Å². The van der Waals surface area contributed by atoms with Crippen LogP contribution >= 0.6 is 0 Å². The van der Waals surface area contributed by atoms with Gasteiger partial charge in [0, 0.05) is 12.1 Å². The number of nitrogens with two attached hydrogens (primary N) is 1. The second kappa shape index (κ2) is 4.14. The van der Waals surface area contributed by atoms with Crippen molar-refractivity contribution in [2.24, 2.45) is 0 Å². The van der Waals surface area contributed by atoms with Crippen LogP contribution in [0.3, 0.4) is 0 Å². The number of nitrogen functional groups attached to an aromatic ring is 1. The van der Waals surface area contributed by atoms with E-state index in [0.717, 1.165) is 0 Å². The van der Waals surface area contributed by atoms with Gasteiger partial charge in [-0.2, -0.15) is 0 Å². The van der Waals surface area contributed by atoms with Crippen LogP contribution in [-0.2, 0) is 6.54 Å². The van der Waals surface area contributed by atoms with Crippen molar-refractivity contribution in [1.82, 2.24) is 15.0 Å². The van der Waals surface area contributed by atoms with Crippen molar-refractivity contribution >= 4 is 11.6 Å². The topological polar surface area (TPSA) is 73.8 Å². The number of hydrogen-bond donors (Lipinski definition) is 1. The first-order valence-corrected chi connectivity index (χ1v) is 5.02. The number of nitrogens with zero attached hydrogens (tertiary/aromatic N) is 3. The van der Waals surface area contributed by atoms with Crippen LogP contribution in [0.2, 0.25) is 0 Å². The number of anilines is 1. The molecule has 2 aromatic rings.